The molecule has 3 aliphatic rings. The lowest BCUT2D eigenvalue weighted by atomic mass is 9.72. The van der Waals surface area contributed by atoms with Crippen LogP contribution in [0.1, 0.15) is 75.3 Å². The average Bonchev–Trinajstić information content (AvgIpc) is 2.90. The molecule has 5 atom stereocenters. The van der Waals surface area contributed by atoms with Gasteiger partial charge < -0.3 is 39.7 Å². The number of fused-ring (bicyclic) bond motifs is 3. The molecule has 202 valence electrons. The van der Waals surface area contributed by atoms with Crippen LogP contribution in [-0.2, 0) is 20.7 Å². The molecule has 0 saturated carbocycles. The van der Waals surface area contributed by atoms with E-state index in [-0.39, 0.29) is 34.4 Å². The highest BCUT2D eigenvalue weighted by Crippen LogP contribution is 2.52. The number of aliphatic hydroxyl groups is 3. The molecule has 1 aliphatic heterocycles. The van der Waals surface area contributed by atoms with Gasteiger partial charge in [0.15, 0.2) is 17.9 Å². The highest BCUT2D eigenvalue weighted by molar-refractivity contribution is 6.31. The van der Waals surface area contributed by atoms with Crippen LogP contribution in [0.4, 0.5) is 0 Å². The Morgan fingerprint density at radius 2 is 1.82 bits per heavy atom. The quantitative estimate of drug-likeness (QED) is 0.299. The Bertz CT molecular complexity index is 1350. The number of ether oxygens (including phenoxy) is 3. The molecule has 11 heteroatoms. The molecule has 5 N–H and O–H groups in total. The molecule has 1 fully saturated rings. The summed E-state index contributed by atoms with van der Waals surface area (Å²) in [4.78, 5) is 39.7. The first-order valence-electron chi connectivity index (χ1n) is 12.2. The second-order valence-corrected chi connectivity index (χ2v) is 9.91. The molecule has 2 aliphatic carbocycles. The average molecular weight is 529 g/mol. The summed E-state index contributed by atoms with van der Waals surface area (Å²) in [6.45, 7) is 0.652. The van der Waals surface area contributed by atoms with Crippen LogP contribution < -0.4 is 4.74 Å². The molecular weight excluding hydrogens is 500 g/mol. The molecule has 1 heterocycles. The number of aliphatic hydroxyl groups excluding tert-OH is 2. The molecule has 0 radical (unpaired) electrons. The van der Waals surface area contributed by atoms with Gasteiger partial charge in [0.2, 0.25) is 5.78 Å². The maximum atomic E-state index is 13.6. The number of hydrogen-bond donors (Lipinski definition) is 5. The standard InChI is InChI=1S/C27H28O11/c1-11-14(29)6-7-18(37-11)38-16-9-27(35,17(30)10-28)8-13-20(16)26(34)22-21(24(13)32)23(31)12-4-3-5-15(36-2)19(12)25(22)33/h3-5,11,14,16,18,28-29,32,34-35H,6-10H2,1-2H3/t11-,14+,16-,18+,27-/m0/s1. The van der Waals surface area contributed by atoms with E-state index in [9.17, 15) is 39.9 Å². The first kappa shape index (κ1) is 26.3. The van der Waals surface area contributed by atoms with E-state index in [0.717, 1.165) is 0 Å². The number of carbonyl (C=O) groups is 3. The number of carbonyl (C=O) groups excluding carboxylic acids is 3. The van der Waals surface area contributed by atoms with Crippen LogP contribution in [0.25, 0.3) is 0 Å². The van der Waals surface area contributed by atoms with Crippen molar-refractivity contribution in [3.63, 3.8) is 0 Å². The second-order valence-electron chi connectivity index (χ2n) is 9.91. The van der Waals surface area contributed by atoms with Crippen molar-refractivity contribution >= 4 is 17.3 Å². The Morgan fingerprint density at radius 1 is 1.11 bits per heavy atom. The van der Waals surface area contributed by atoms with Gasteiger partial charge in [-0.15, -0.1) is 0 Å². The third-order valence-corrected chi connectivity index (χ3v) is 7.66. The van der Waals surface area contributed by atoms with Crippen molar-refractivity contribution in [1.29, 1.82) is 0 Å². The fourth-order valence-electron chi connectivity index (χ4n) is 5.62. The first-order chi connectivity index (χ1) is 18.0. The first-order valence-corrected chi connectivity index (χ1v) is 12.2. The van der Waals surface area contributed by atoms with Crippen LogP contribution in [0.2, 0.25) is 0 Å². The number of methoxy groups -OCH3 is 1. The minimum atomic E-state index is -2.20. The van der Waals surface area contributed by atoms with E-state index in [0.29, 0.717) is 6.42 Å². The lowest BCUT2D eigenvalue weighted by molar-refractivity contribution is -0.243. The monoisotopic (exact) mass is 528 g/mol. The lowest BCUT2D eigenvalue weighted by Crippen LogP contribution is -2.48. The van der Waals surface area contributed by atoms with Crippen molar-refractivity contribution in [2.75, 3.05) is 13.7 Å². The van der Waals surface area contributed by atoms with Crippen molar-refractivity contribution in [3.05, 3.63) is 51.6 Å². The minimum Gasteiger partial charge on any atom is -0.507 e. The highest BCUT2D eigenvalue weighted by atomic mass is 16.7. The molecule has 0 aromatic heterocycles. The maximum absolute atomic E-state index is 13.6. The van der Waals surface area contributed by atoms with Crippen LogP contribution in [0, 0.1) is 0 Å². The molecular formula is C27H28O11. The van der Waals surface area contributed by atoms with Crippen LogP contribution in [-0.4, -0.2) is 80.7 Å². The Hall–Kier alpha value is -3.35. The maximum Gasteiger partial charge on any atom is 0.202 e. The second kappa shape index (κ2) is 9.44. The van der Waals surface area contributed by atoms with Crippen LogP contribution in [0.15, 0.2) is 18.2 Å². The van der Waals surface area contributed by atoms with Crippen molar-refractivity contribution in [3.8, 4) is 17.2 Å². The van der Waals surface area contributed by atoms with Gasteiger partial charge in [-0.25, -0.2) is 0 Å². The summed E-state index contributed by atoms with van der Waals surface area (Å²) in [5.41, 5.74) is -3.43. The highest BCUT2D eigenvalue weighted by Gasteiger charge is 2.49. The third kappa shape index (κ3) is 3.89. The number of Topliss-reactive ketones (excluding diaryl/α,β-unsaturated/α-hetero) is 1. The van der Waals surface area contributed by atoms with Gasteiger partial charge >= 0.3 is 0 Å². The fourth-order valence-corrected chi connectivity index (χ4v) is 5.62. The zero-order valence-electron chi connectivity index (χ0n) is 20.8. The predicted molar refractivity (Wildman–Crippen MR) is 128 cm³/mol. The van der Waals surface area contributed by atoms with E-state index in [1.807, 2.05) is 0 Å². The van der Waals surface area contributed by atoms with E-state index in [4.69, 9.17) is 14.2 Å². The molecule has 5 rings (SSSR count). The number of phenolic OH excluding ortho intramolecular Hbond substituents is 2. The molecule has 2 aromatic carbocycles. The molecule has 38 heavy (non-hydrogen) atoms. The fraction of sp³-hybridized carbons (Fsp3) is 0.444. The minimum absolute atomic E-state index is 0.0371. The zero-order chi connectivity index (χ0) is 27.5. The smallest absolute Gasteiger partial charge is 0.202 e. The molecule has 2 aromatic rings. The SMILES string of the molecule is COc1cccc2c1C(=O)c1c(O)c3c(c(O)c1C2=O)C[C@@](O)(C(=O)CO)C[C@@H]3O[C@@H]1CC[C@@H](O)[C@H](C)O1. The summed E-state index contributed by atoms with van der Waals surface area (Å²) >= 11 is 0. The summed E-state index contributed by atoms with van der Waals surface area (Å²) in [5, 5.41) is 53.5. The van der Waals surface area contributed by atoms with Crippen molar-refractivity contribution in [1.82, 2.24) is 0 Å². The van der Waals surface area contributed by atoms with E-state index in [1.54, 1.807) is 6.92 Å². The van der Waals surface area contributed by atoms with Gasteiger partial charge in [0.25, 0.3) is 0 Å². The largest absolute Gasteiger partial charge is 0.507 e. The summed E-state index contributed by atoms with van der Waals surface area (Å²) in [6, 6.07) is 4.39. The molecule has 0 spiro atoms. The number of rotatable bonds is 5. The summed E-state index contributed by atoms with van der Waals surface area (Å²) in [7, 11) is 1.33. The van der Waals surface area contributed by atoms with Gasteiger partial charge in [0.1, 0.15) is 29.5 Å². The molecule has 0 bridgehead atoms. The van der Waals surface area contributed by atoms with Crippen molar-refractivity contribution in [2.45, 2.75) is 62.8 Å². The van der Waals surface area contributed by atoms with E-state index >= 15 is 0 Å². The summed E-state index contributed by atoms with van der Waals surface area (Å²) < 4.78 is 17.0. The topological polar surface area (TPSA) is 180 Å². The number of phenols is 2. The number of ketones is 3. The Balaban J connectivity index is 1.69. The Kier molecular flexibility index (Phi) is 6.52. The van der Waals surface area contributed by atoms with E-state index < -0.39 is 89.6 Å². The number of aromatic hydroxyl groups is 2. The Morgan fingerprint density at radius 3 is 2.47 bits per heavy atom. The van der Waals surface area contributed by atoms with Gasteiger partial charge in [-0.1, -0.05) is 12.1 Å². The van der Waals surface area contributed by atoms with E-state index in [1.165, 1.54) is 25.3 Å². The normalized spacial score (nSPS) is 28.3. The van der Waals surface area contributed by atoms with Gasteiger partial charge in [-0.3, -0.25) is 14.4 Å². The van der Waals surface area contributed by atoms with Crippen molar-refractivity contribution in [2.24, 2.45) is 0 Å². The number of hydrogen-bond acceptors (Lipinski definition) is 11. The molecule has 1 saturated heterocycles. The Labute approximate surface area is 217 Å². The predicted octanol–water partition coefficient (Wildman–Crippen LogP) is 1.06. The zero-order valence-corrected chi connectivity index (χ0v) is 20.8. The van der Waals surface area contributed by atoms with Crippen LogP contribution >= 0.6 is 0 Å². The molecule has 11 nitrogen and oxygen atoms in total. The van der Waals surface area contributed by atoms with Crippen LogP contribution in [0.5, 0.6) is 17.2 Å². The van der Waals surface area contributed by atoms with Gasteiger partial charge in [-0.2, -0.15) is 0 Å². The summed E-state index contributed by atoms with van der Waals surface area (Å²) in [6.07, 6.45) is -3.85. The molecule has 0 unspecified atom stereocenters. The van der Waals surface area contributed by atoms with Gasteiger partial charge in [-0.05, 0) is 19.4 Å². The van der Waals surface area contributed by atoms with Gasteiger partial charge in [0, 0.05) is 36.0 Å². The lowest BCUT2D eigenvalue weighted by Gasteiger charge is -2.41. The summed E-state index contributed by atoms with van der Waals surface area (Å²) in [5.74, 6) is -3.64. The van der Waals surface area contributed by atoms with Gasteiger partial charge in [0.05, 0.1) is 42.1 Å². The molecule has 0 amide bonds. The number of benzene rings is 2. The van der Waals surface area contributed by atoms with Crippen molar-refractivity contribution < 1.29 is 54.1 Å². The van der Waals surface area contributed by atoms with Crippen LogP contribution in [0.3, 0.4) is 0 Å². The van der Waals surface area contributed by atoms with E-state index in [2.05, 4.69) is 0 Å². The third-order valence-electron chi connectivity index (χ3n) is 7.66.